The largest absolute Gasteiger partial charge is 0.444 e. The van der Waals surface area contributed by atoms with Crippen molar-refractivity contribution >= 4 is 22.9 Å². The topological polar surface area (TPSA) is 79.7 Å². The Morgan fingerprint density at radius 2 is 1.81 bits per heavy atom. The first-order valence-electron chi connectivity index (χ1n) is 15.6. The summed E-state index contributed by atoms with van der Waals surface area (Å²) in [7, 11) is 0. The molecular formula is C34H46FN5O3. The minimum absolute atomic E-state index is 0.0627. The third kappa shape index (κ3) is 7.37. The minimum Gasteiger partial charge on any atom is -0.444 e. The second-order valence-corrected chi connectivity index (χ2v) is 13.7. The Morgan fingerprint density at radius 3 is 2.51 bits per heavy atom. The average molecular weight is 592 g/mol. The zero-order chi connectivity index (χ0) is 30.9. The van der Waals surface area contributed by atoms with E-state index in [2.05, 4.69) is 28.3 Å². The summed E-state index contributed by atoms with van der Waals surface area (Å²) in [6.45, 7) is 16.3. The van der Waals surface area contributed by atoms with Gasteiger partial charge < -0.3 is 24.4 Å². The number of nitrogens with zero attached hydrogens (tertiary/aromatic N) is 4. The van der Waals surface area contributed by atoms with E-state index < -0.39 is 11.4 Å². The van der Waals surface area contributed by atoms with Crippen LogP contribution in [0.15, 0.2) is 36.8 Å². The van der Waals surface area contributed by atoms with Crippen molar-refractivity contribution in [2.45, 2.75) is 78.9 Å². The summed E-state index contributed by atoms with van der Waals surface area (Å²) in [6.07, 6.45) is 9.71. The highest BCUT2D eigenvalue weighted by atomic mass is 19.1. The summed E-state index contributed by atoms with van der Waals surface area (Å²) in [5, 5.41) is 4.07. The molecule has 0 spiro atoms. The van der Waals surface area contributed by atoms with Crippen molar-refractivity contribution in [3.05, 3.63) is 59.3 Å². The van der Waals surface area contributed by atoms with Gasteiger partial charge in [-0.2, -0.15) is 0 Å². The average Bonchev–Trinajstić information content (AvgIpc) is 3.52. The van der Waals surface area contributed by atoms with Gasteiger partial charge in [-0.3, -0.25) is 9.78 Å². The van der Waals surface area contributed by atoms with Crippen molar-refractivity contribution in [1.29, 1.82) is 0 Å². The van der Waals surface area contributed by atoms with Crippen LogP contribution in [0, 0.1) is 24.6 Å². The van der Waals surface area contributed by atoms with E-state index in [4.69, 9.17) is 4.74 Å². The number of carbonyl (C=O) groups excluding carboxylic acids is 2. The van der Waals surface area contributed by atoms with Crippen molar-refractivity contribution in [3.8, 4) is 5.69 Å². The fourth-order valence-electron chi connectivity index (χ4n) is 6.58. The van der Waals surface area contributed by atoms with Crippen LogP contribution in [-0.4, -0.2) is 75.7 Å². The molecule has 0 saturated carbocycles. The number of nitrogens with one attached hydrogen (secondary N) is 1. The van der Waals surface area contributed by atoms with Crippen LogP contribution >= 0.6 is 0 Å². The second kappa shape index (κ2) is 12.6. The van der Waals surface area contributed by atoms with Gasteiger partial charge in [0, 0.05) is 50.0 Å². The highest BCUT2D eigenvalue weighted by molar-refractivity contribution is 5.99. The lowest BCUT2D eigenvalue weighted by atomic mass is 9.96. The fraction of sp³-hybridized carbons (Fsp3) is 0.559. The van der Waals surface area contributed by atoms with E-state index in [0.29, 0.717) is 23.1 Å². The zero-order valence-corrected chi connectivity index (χ0v) is 26.5. The molecule has 3 aromatic rings. The number of rotatable bonds is 7. The van der Waals surface area contributed by atoms with E-state index >= 15 is 0 Å². The smallest absolute Gasteiger partial charge is 0.410 e. The number of aromatic nitrogens is 2. The zero-order valence-electron chi connectivity index (χ0n) is 26.5. The summed E-state index contributed by atoms with van der Waals surface area (Å²) >= 11 is 0. The van der Waals surface area contributed by atoms with Crippen LogP contribution in [0.3, 0.4) is 0 Å². The first kappa shape index (κ1) is 31.0. The first-order chi connectivity index (χ1) is 20.4. The van der Waals surface area contributed by atoms with E-state index in [1.54, 1.807) is 6.07 Å². The number of likely N-dealkylation sites (tertiary alicyclic amines) is 2. The summed E-state index contributed by atoms with van der Waals surface area (Å²) in [5.74, 6) is 0.369. The molecule has 1 N–H and O–H groups in total. The highest BCUT2D eigenvalue weighted by Crippen LogP contribution is 2.33. The van der Waals surface area contributed by atoms with Crippen molar-refractivity contribution < 1.29 is 18.7 Å². The van der Waals surface area contributed by atoms with E-state index in [-0.39, 0.29) is 18.0 Å². The van der Waals surface area contributed by atoms with Crippen LogP contribution in [0.25, 0.3) is 16.6 Å². The predicted octanol–water partition coefficient (Wildman–Crippen LogP) is 6.12. The minimum atomic E-state index is -0.469. The maximum Gasteiger partial charge on any atom is 0.410 e. The number of fused-ring (bicyclic) bond motifs is 1. The quantitative estimate of drug-likeness (QED) is 0.358. The van der Waals surface area contributed by atoms with Crippen molar-refractivity contribution in [2.75, 3.05) is 32.7 Å². The maximum atomic E-state index is 14.3. The highest BCUT2D eigenvalue weighted by Gasteiger charge is 2.31. The third-order valence-electron chi connectivity index (χ3n) is 8.52. The van der Waals surface area contributed by atoms with E-state index in [1.807, 2.05) is 56.5 Å². The number of aryl methyl sites for hydroxylation is 1. The molecule has 2 amide bonds. The SMILES string of the molecule is Cc1cncc2c1c(C[C@@H]1CCN(CC3CCN(C(=O)OC(C)(C)C)CC3)C1)cn2-c1ccc(F)cc1C(=O)NC(C)C. The molecule has 1 atom stereocenters. The normalized spacial score (nSPS) is 18.5. The summed E-state index contributed by atoms with van der Waals surface area (Å²) in [6, 6.07) is 4.34. The molecule has 2 saturated heterocycles. The number of pyridine rings is 1. The Morgan fingerprint density at radius 1 is 1.09 bits per heavy atom. The van der Waals surface area contributed by atoms with Crippen molar-refractivity contribution in [2.24, 2.45) is 11.8 Å². The molecule has 8 nitrogen and oxygen atoms in total. The fourth-order valence-corrected chi connectivity index (χ4v) is 6.58. The van der Waals surface area contributed by atoms with E-state index in [1.165, 1.54) is 17.7 Å². The van der Waals surface area contributed by atoms with Gasteiger partial charge in [-0.05, 0) is 115 Å². The van der Waals surface area contributed by atoms with Crippen molar-refractivity contribution in [3.63, 3.8) is 0 Å². The van der Waals surface area contributed by atoms with Crippen LogP contribution in [0.1, 0.15) is 75.4 Å². The van der Waals surface area contributed by atoms with E-state index in [0.717, 1.165) is 74.9 Å². The Bertz CT molecular complexity index is 1470. The Labute approximate surface area is 254 Å². The molecule has 232 valence electrons. The van der Waals surface area contributed by atoms with Crippen LogP contribution in [0.5, 0.6) is 0 Å². The number of hydrogen-bond acceptors (Lipinski definition) is 5. The van der Waals surface area contributed by atoms with Crippen molar-refractivity contribution in [1.82, 2.24) is 24.7 Å². The van der Waals surface area contributed by atoms with Gasteiger partial charge in [0.1, 0.15) is 11.4 Å². The summed E-state index contributed by atoms with van der Waals surface area (Å²) < 4.78 is 21.9. The number of carbonyl (C=O) groups is 2. The van der Waals surface area contributed by atoms with Crippen LogP contribution in [0.4, 0.5) is 9.18 Å². The molecule has 43 heavy (non-hydrogen) atoms. The first-order valence-corrected chi connectivity index (χ1v) is 15.6. The van der Waals surface area contributed by atoms with Gasteiger partial charge in [0.05, 0.1) is 23.0 Å². The van der Waals surface area contributed by atoms with Gasteiger partial charge in [0.15, 0.2) is 0 Å². The van der Waals surface area contributed by atoms with Gasteiger partial charge in [-0.25, -0.2) is 9.18 Å². The maximum absolute atomic E-state index is 14.3. The standard InChI is InChI=1S/C34H46FN5O3/c1-22(2)37-32(41)28-16-27(35)7-8-29(28)40-21-26(31-23(3)17-36-18-30(31)40)15-25-9-12-38(20-25)19-24-10-13-39(14-11-24)33(42)43-34(4,5)6/h7-8,16-18,21-22,24-25H,9-15,19-20H2,1-6H3,(H,37,41)/t25-/m0/s1. The van der Waals surface area contributed by atoms with Gasteiger partial charge in [0.2, 0.25) is 0 Å². The van der Waals surface area contributed by atoms with Gasteiger partial charge in [-0.15, -0.1) is 0 Å². The van der Waals surface area contributed by atoms with Crippen LogP contribution < -0.4 is 5.32 Å². The lowest BCUT2D eigenvalue weighted by Crippen LogP contribution is -2.43. The number of ether oxygens (including phenoxy) is 1. The molecule has 5 rings (SSSR count). The molecular weight excluding hydrogens is 545 g/mol. The lowest BCUT2D eigenvalue weighted by Gasteiger charge is -2.34. The Hall–Kier alpha value is -3.46. The number of halogens is 1. The number of amides is 2. The lowest BCUT2D eigenvalue weighted by molar-refractivity contribution is 0.0172. The second-order valence-electron chi connectivity index (χ2n) is 13.7. The molecule has 2 aromatic heterocycles. The molecule has 2 aliphatic rings. The molecule has 4 heterocycles. The summed E-state index contributed by atoms with van der Waals surface area (Å²) in [5.41, 5.74) is 3.73. The molecule has 9 heteroatoms. The van der Waals surface area contributed by atoms with Crippen LogP contribution in [0.2, 0.25) is 0 Å². The Balaban J connectivity index is 1.28. The number of hydrogen-bond donors (Lipinski definition) is 1. The van der Waals surface area contributed by atoms with Crippen LogP contribution in [-0.2, 0) is 11.2 Å². The third-order valence-corrected chi connectivity index (χ3v) is 8.52. The van der Waals surface area contributed by atoms with Gasteiger partial charge >= 0.3 is 6.09 Å². The summed E-state index contributed by atoms with van der Waals surface area (Å²) in [4.78, 5) is 34.4. The van der Waals surface area contributed by atoms with Gasteiger partial charge in [-0.1, -0.05) is 0 Å². The monoisotopic (exact) mass is 591 g/mol. The van der Waals surface area contributed by atoms with Gasteiger partial charge in [0.25, 0.3) is 5.91 Å². The number of benzene rings is 1. The molecule has 0 unspecified atom stereocenters. The Kier molecular flexibility index (Phi) is 9.11. The molecule has 1 aromatic carbocycles. The molecule has 2 aliphatic heterocycles. The molecule has 0 aliphatic carbocycles. The molecule has 0 radical (unpaired) electrons. The molecule has 0 bridgehead atoms. The molecule has 2 fully saturated rings. The van der Waals surface area contributed by atoms with E-state index in [9.17, 15) is 14.0 Å². The predicted molar refractivity (Wildman–Crippen MR) is 167 cm³/mol. The number of piperidine rings is 1.